The summed E-state index contributed by atoms with van der Waals surface area (Å²) in [7, 11) is 0. The molecule has 0 saturated carbocycles. The van der Waals surface area contributed by atoms with E-state index in [9.17, 15) is 20.1 Å². The van der Waals surface area contributed by atoms with Crippen LogP contribution in [0.5, 0.6) is 0 Å². The number of pyridine rings is 1. The zero-order chi connectivity index (χ0) is 18.0. The van der Waals surface area contributed by atoms with Crippen LogP contribution in [0.4, 0.5) is 10.5 Å². The number of aliphatic hydroxyl groups is 3. The van der Waals surface area contributed by atoms with Gasteiger partial charge in [0.15, 0.2) is 0 Å². The lowest BCUT2D eigenvalue weighted by molar-refractivity contribution is 0.0571. The number of rotatable bonds is 4. The highest BCUT2D eigenvalue weighted by Crippen LogP contribution is 2.30. The van der Waals surface area contributed by atoms with Crippen LogP contribution in [0, 0.1) is 0 Å². The lowest BCUT2D eigenvalue weighted by Crippen LogP contribution is -2.42. The fraction of sp³-hybridized carbons (Fsp3) is 0.647. The van der Waals surface area contributed by atoms with Gasteiger partial charge in [0.25, 0.3) is 0 Å². The predicted molar refractivity (Wildman–Crippen MR) is 89.1 cm³/mol. The molecule has 0 bridgehead atoms. The first-order valence-corrected chi connectivity index (χ1v) is 8.10. The Morgan fingerprint density at radius 1 is 1.21 bits per heavy atom. The molecule has 0 aromatic carbocycles. The van der Waals surface area contributed by atoms with E-state index < -0.39 is 36.9 Å². The molecule has 7 heteroatoms. The Balaban J connectivity index is 2.35. The smallest absolute Gasteiger partial charge is 0.414 e. The Morgan fingerprint density at radius 3 is 2.38 bits per heavy atom. The number of nitrogens with zero attached hydrogens (tertiary/aromatic N) is 2. The number of aliphatic hydroxyl groups excluding tert-OH is 3. The zero-order valence-electron chi connectivity index (χ0n) is 14.4. The molecule has 1 aliphatic rings. The molecule has 0 radical (unpaired) electrons. The fourth-order valence-corrected chi connectivity index (χ4v) is 2.64. The van der Waals surface area contributed by atoms with E-state index in [0.29, 0.717) is 30.0 Å². The first-order valence-electron chi connectivity index (χ1n) is 8.10. The third kappa shape index (κ3) is 3.68. The van der Waals surface area contributed by atoms with E-state index in [-0.39, 0.29) is 0 Å². The number of aromatic nitrogens is 1. The minimum atomic E-state index is -1.19. The molecule has 0 unspecified atom stereocenters. The van der Waals surface area contributed by atoms with Gasteiger partial charge >= 0.3 is 6.09 Å². The monoisotopic (exact) mass is 338 g/mol. The van der Waals surface area contributed by atoms with Gasteiger partial charge in [-0.15, -0.1) is 0 Å². The van der Waals surface area contributed by atoms with Crippen LogP contribution in [0.2, 0.25) is 0 Å². The maximum Gasteiger partial charge on any atom is 0.414 e. The predicted octanol–water partition coefficient (Wildman–Crippen LogP) is 0.984. The van der Waals surface area contributed by atoms with Gasteiger partial charge in [-0.2, -0.15) is 0 Å². The second-order valence-corrected chi connectivity index (χ2v) is 7.15. The van der Waals surface area contributed by atoms with Crippen molar-refractivity contribution in [2.45, 2.75) is 44.6 Å². The van der Waals surface area contributed by atoms with Gasteiger partial charge in [0.1, 0.15) is 5.60 Å². The zero-order valence-corrected chi connectivity index (χ0v) is 14.4. The number of hydrogen-bond donors (Lipinski definition) is 3. The molecule has 0 atom stereocenters. The van der Waals surface area contributed by atoms with E-state index in [1.54, 1.807) is 17.0 Å². The van der Waals surface area contributed by atoms with Crippen LogP contribution in [-0.4, -0.2) is 58.4 Å². The van der Waals surface area contributed by atoms with Crippen molar-refractivity contribution in [3.05, 3.63) is 23.5 Å². The van der Waals surface area contributed by atoms with Crippen LogP contribution in [0.15, 0.2) is 12.1 Å². The van der Waals surface area contributed by atoms with Crippen molar-refractivity contribution >= 4 is 11.8 Å². The number of fused-ring (bicyclic) bond motifs is 1. The summed E-state index contributed by atoms with van der Waals surface area (Å²) < 4.78 is 5.43. The summed E-state index contributed by atoms with van der Waals surface area (Å²) >= 11 is 0. The molecular formula is C17H26N2O5. The van der Waals surface area contributed by atoms with E-state index in [1.165, 1.54) is 0 Å². The number of ether oxygens (including phenoxy) is 1. The third-order valence-corrected chi connectivity index (χ3v) is 4.10. The Morgan fingerprint density at radius 2 is 1.83 bits per heavy atom. The molecule has 1 aromatic heterocycles. The number of carbonyl (C=O) groups excluding carboxylic acids is 1. The van der Waals surface area contributed by atoms with Crippen LogP contribution in [-0.2, 0) is 16.6 Å². The third-order valence-electron chi connectivity index (χ3n) is 4.10. The van der Waals surface area contributed by atoms with Gasteiger partial charge in [-0.25, -0.2) is 4.79 Å². The average Bonchev–Trinajstić information content (AvgIpc) is 2.54. The van der Waals surface area contributed by atoms with Crippen LogP contribution >= 0.6 is 0 Å². The molecule has 24 heavy (non-hydrogen) atoms. The Labute approximate surface area is 141 Å². The van der Waals surface area contributed by atoms with E-state index in [2.05, 4.69) is 4.98 Å². The summed E-state index contributed by atoms with van der Waals surface area (Å²) in [4.78, 5) is 18.4. The summed E-state index contributed by atoms with van der Waals surface area (Å²) in [6.45, 7) is 4.75. The van der Waals surface area contributed by atoms with Gasteiger partial charge in [0.05, 0.1) is 42.3 Å². The van der Waals surface area contributed by atoms with Crippen molar-refractivity contribution in [3.63, 3.8) is 0 Å². The van der Waals surface area contributed by atoms with Gasteiger partial charge < -0.3 is 20.1 Å². The maximum absolute atomic E-state index is 12.4. The summed E-state index contributed by atoms with van der Waals surface area (Å²) in [6.07, 6.45) is 1.00. The van der Waals surface area contributed by atoms with E-state index in [0.717, 1.165) is 6.42 Å². The number of carbonyl (C=O) groups is 1. The Bertz CT molecular complexity index is 585. The SMILES string of the molecule is CC(C)(C)OC(=O)N1CCCc2nc(C(CO)(CO)CO)ccc21. The van der Waals surface area contributed by atoms with E-state index >= 15 is 0 Å². The molecule has 0 fully saturated rings. The lowest BCUT2D eigenvalue weighted by atomic mass is 9.86. The van der Waals surface area contributed by atoms with Crippen molar-refractivity contribution in [1.29, 1.82) is 0 Å². The van der Waals surface area contributed by atoms with Crippen LogP contribution in [0.25, 0.3) is 0 Å². The number of amides is 1. The molecule has 1 aromatic rings. The maximum atomic E-state index is 12.4. The van der Waals surface area contributed by atoms with Crippen LogP contribution in [0.1, 0.15) is 38.6 Å². The molecule has 0 saturated heterocycles. The quantitative estimate of drug-likeness (QED) is 0.756. The van der Waals surface area contributed by atoms with Crippen LogP contribution < -0.4 is 4.90 Å². The van der Waals surface area contributed by atoms with Crippen molar-refractivity contribution < 1.29 is 24.9 Å². The highest BCUT2D eigenvalue weighted by atomic mass is 16.6. The Hall–Kier alpha value is -1.70. The molecule has 2 heterocycles. The van der Waals surface area contributed by atoms with E-state index in [4.69, 9.17) is 4.74 Å². The van der Waals surface area contributed by atoms with Gasteiger partial charge in [0, 0.05) is 6.54 Å². The molecular weight excluding hydrogens is 312 g/mol. The standard InChI is InChI=1S/C17H26N2O5/c1-16(2,3)24-15(23)19-8-4-5-12-13(19)6-7-14(18-12)17(9-20,10-21)11-22/h6-7,20-22H,4-5,8-11H2,1-3H3. The molecule has 1 amide bonds. The second kappa shape index (κ2) is 7.04. The molecule has 0 aliphatic carbocycles. The largest absolute Gasteiger partial charge is 0.443 e. The number of anilines is 1. The summed E-state index contributed by atoms with van der Waals surface area (Å²) in [5.41, 5.74) is 0.0107. The van der Waals surface area contributed by atoms with Gasteiger partial charge in [-0.1, -0.05) is 0 Å². The van der Waals surface area contributed by atoms with Gasteiger partial charge in [-0.3, -0.25) is 9.88 Å². The van der Waals surface area contributed by atoms with E-state index in [1.807, 2.05) is 20.8 Å². The lowest BCUT2D eigenvalue weighted by Gasteiger charge is -2.33. The minimum absolute atomic E-state index is 0.415. The topological polar surface area (TPSA) is 103 Å². The normalized spacial score (nSPS) is 15.2. The Kier molecular flexibility index (Phi) is 5.47. The van der Waals surface area contributed by atoms with Crippen molar-refractivity contribution in [3.8, 4) is 0 Å². The average molecular weight is 338 g/mol. The summed E-state index contributed by atoms with van der Waals surface area (Å²) in [5.74, 6) is 0. The van der Waals surface area contributed by atoms with Crippen molar-refractivity contribution in [1.82, 2.24) is 4.98 Å². The van der Waals surface area contributed by atoms with Crippen molar-refractivity contribution in [2.24, 2.45) is 0 Å². The molecule has 0 spiro atoms. The molecule has 7 nitrogen and oxygen atoms in total. The van der Waals surface area contributed by atoms with Crippen molar-refractivity contribution in [2.75, 3.05) is 31.3 Å². The highest BCUT2D eigenvalue weighted by molar-refractivity contribution is 5.89. The van der Waals surface area contributed by atoms with Crippen LogP contribution in [0.3, 0.4) is 0 Å². The fourth-order valence-electron chi connectivity index (χ4n) is 2.64. The highest BCUT2D eigenvalue weighted by Gasteiger charge is 2.34. The molecule has 1 aliphatic heterocycles. The van der Waals surface area contributed by atoms with Gasteiger partial charge in [-0.05, 0) is 45.7 Å². The first kappa shape index (κ1) is 18.6. The minimum Gasteiger partial charge on any atom is -0.443 e. The van der Waals surface area contributed by atoms with Gasteiger partial charge in [0.2, 0.25) is 0 Å². The number of aryl methyl sites for hydroxylation is 1. The first-order chi connectivity index (χ1) is 11.3. The second-order valence-electron chi connectivity index (χ2n) is 7.15. The molecule has 3 N–H and O–H groups in total. The number of hydrogen-bond acceptors (Lipinski definition) is 6. The molecule has 2 rings (SSSR count). The summed E-state index contributed by atoms with van der Waals surface area (Å²) in [5, 5.41) is 28.7. The molecule has 134 valence electrons. The summed E-state index contributed by atoms with van der Waals surface area (Å²) in [6, 6.07) is 3.36.